The fourth-order valence-electron chi connectivity index (χ4n) is 1.78. The molecule has 1 N–H and O–H groups in total. The molecule has 0 aliphatic heterocycles. The van der Waals surface area contributed by atoms with Crippen molar-refractivity contribution < 1.29 is 4.79 Å². The van der Waals surface area contributed by atoms with E-state index in [1.807, 2.05) is 30.3 Å². The fourth-order valence-corrected chi connectivity index (χ4v) is 1.85. The van der Waals surface area contributed by atoms with Gasteiger partial charge in [-0.3, -0.25) is 4.79 Å². The van der Waals surface area contributed by atoms with Crippen molar-refractivity contribution in [3.8, 4) is 11.1 Å². The molecule has 1 atom stereocenters. The summed E-state index contributed by atoms with van der Waals surface area (Å²) >= 11 is 5.69. The maximum Gasteiger partial charge on any atom is 0.238 e. The molecule has 19 heavy (non-hydrogen) atoms. The lowest BCUT2D eigenvalue weighted by atomic mass is 10.0. The van der Waals surface area contributed by atoms with Gasteiger partial charge in [-0.2, -0.15) is 0 Å². The third-order valence-corrected chi connectivity index (χ3v) is 3.09. The molecule has 0 aliphatic rings. The number of rotatable bonds is 4. The van der Waals surface area contributed by atoms with Gasteiger partial charge in [0, 0.05) is 6.54 Å². The van der Waals surface area contributed by atoms with Crippen LogP contribution in [0.25, 0.3) is 11.1 Å². The summed E-state index contributed by atoms with van der Waals surface area (Å²) in [5, 5.41) is 2.29. The molecule has 0 heterocycles. The van der Waals surface area contributed by atoms with Crippen LogP contribution in [0.4, 0.5) is 0 Å². The molecule has 0 aliphatic carbocycles. The monoisotopic (exact) mass is 273 g/mol. The molecular weight excluding hydrogens is 258 g/mol. The molecule has 0 bridgehead atoms. The second-order valence-electron chi connectivity index (χ2n) is 4.40. The van der Waals surface area contributed by atoms with Gasteiger partial charge in [0.15, 0.2) is 0 Å². The van der Waals surface area contributed by atoms with E-state index in [1.165, 1.54) is 11.1 Å². The Morgan fingerprint density at radius 3 is 2.21 bits per heavy atom. The third-order valence-electron chi connectivity index (χ3n) is 2.89. The van der Waals surface area contributed by atoms with E-state index in [0.29, 0.717) is 6.54 Å². The molecule has 2 aromatic rings. The Morgan fingerprint density at radius 2 is 1.63 bits per heavy atom. The summed E-state index contributed by atoms with van der Waals surface area (Å²) in [7, 11) is 0. The summed E-state index contributed by atoms with van der Waals surface area (Å²) in [5.74, 6) is -0.145. The standard InChI is InChI=1S/C16H16ClNO/c1-12(17)16(19)18-11-13-7-9-15(10-8-13)14-5-3-2-4-6-14/h2-10,12H,11H2,1H3,(H,18,19). The van der Waals surface area contributed by atoms with E-state index in [-0.39, 0.29) is 5.91 Å². The summed E-state index contributed by atoms with van der Waals surface area (Å²) in [6.45, 7) is 2.17. The molecule has 1 amide bonds. The Morgan fingerprint density at radius 1 is 1.05 bits per heavy atom. The normalized spacial score (nSPS) is 11.9. The summed E-state index contributed by atoms with van der Waals surface area (Å²) in [4.78, 5) is 11.4. The van der Waals surface area contributed by atoms with E-state index in [4.69, 9.17) is 11.6 Å². The van der Waals surface area contributed by atoms with Crippen LogP contribution >= 0.6 is 11.6 Å². The van der Waals surface area contributed by atoms with Crippen molar-refractivity contribution in [1.29, 1.82) is 0 Å². The largest absolute Gasteiger partial charge is 0.351 e. The van der Waals surface area contributed by atoms with Gasteiger partial charge in [0.1, 0.15) is 5.38 Å². The predicted molar refractivity (Wildman–Crippen MR) is 79.0 cm³/mol. The molecule has 3 heteroatoms. The highest BCUT2D eigenvalue weighted by atomic mass is 35.5. The van der Waals surface area contributed by atoms with Crippen molar-refractivity contribution in [1.82, 2.24) is 5.32 Å². The first-order chi connectivity index (χ1) is 9.16. The first kappa shape index (κ1) is 13.6. The minimum atomic E-state index is -0.497. The zero-order valence-electron chi connectivity index (χ0n) is 10.8. The number of carbonyl (C=O) groups excluding carboxylic acids is 1. The average Bonchev–Trinajstić information content (AvgIpc) is 2.46. The number of benzene rings is 2. The minimum absolute atomic E-state index is 0.145. The molecule has 2 nitrogen and oxygen atoms in total. The van der Waals surface area contributed by atoms with E-state index >= 15 is 0 Å². The zero-order valence-corrected chi connectivity index (χ0v) is 11.5. The van der Waals surface area contributed by atoms with Gasteiger partial charge < -0.3 is 5.32 Å². The van der Waals surface area contributed by atoms with Crippen molar-refractivity contribution in [2.75, 3.05) is 0 Å². The number of hydrogen-bond acceptors (Lipinski definition) is 1. The van der Waals surface area contributed by atoms with Crippen LogP contribution in [0.15, 0.2) is 54.6 Å². The van der Waals surface area contributed by atoms with Crippen molar-refractivity contribution in [3.63, 3.8) is 0 Å². The molecular formula is C16H16ClNO. The molecule has 0 radical (unpaired) electrons. The fraction of sp³-hybridized carbons (Fsp3) is 0.188. The molecule has 0 saturated heterocycles. The minimum Gasteiger partial charge on any atom is -0.351 e. The van der Waals surface area contributed by atoms with Crippen molar-refractivity contribution in [2.24, 2.45) is 0 Å². The molecule has 2 rings (SSSR count). The summed E-state index contributed by atoms with van der Waals surface area (Å²) in [6.07, 6.45) is 0. The van der Waals surface area contributed by atoms with Gasteiger partial charge in [-0.05, 0) is 23.6 Å². The SMILES string of the molecule is CC(Cl)C(=O)NCc1ccc(-c2ccccc2)cc1. The van der Waals surface area contributed by atoms with Gasteiger partial charge in [0.25, 0.3) is 0 Å². The van der Waals surface area contributed by atoms with Crippen LogP contribution in [0.3, 0.4) is 0 Å². The van der Waals surface area contributed by atoms with Crippen LogP contribution < -0.4 is 5.32 Å². The lowest BCUT2D eigenvalue weighted by Gasteiger charge is -2.07. The van der Waals surface area contributed by atoms with Crippen LogP contribution in [0, 0.1) is 0 Å². The van der Waals surface area contributed by atoms with Crippen LogP contribution in [0.1, 0.15) is 12.5 Å². The molecule has 2 aromatic carbocycles. The van der Waals surface area contributed by atoms with Gasteiger partial charge in [-0.25, -0.2) is 0 Å². The molecule has 1 unspecified atom stereocenters. The average molecular weight is 274 g/mol. The predicted octanol–water partition coefficient (Wildman–Crippen LogP) is 3.60. The third kappa shape index (κ3) is 3.83. The number of nitrogens with one attached hydrogen (secondary N) is 1. The molecule has 0 fully saturated rings. The molecule has 0 aromatic heterocycles. The topological polar surface area (TPSA) is 29.1 Å². The van der Waals surface area contributed by atoms with Crippen LogP contribution in [0.5, 0.6) is 0 Å². The molecule has 0 saturated carbocycles. The maximum atomic E-state index is 11.4. The van der Waals surface area contributed by atoms with Crippen molar-refractivity contribution >= 4 is 17.5 Å². The van der Waals surface area contributed by atoms with Crippen molar-refractivity contribution in [2.45, 2.75) is 18.8 Å². The Balaban J connectivity index is 2.01. The van der Waals surface area contributed by atoms with Crippen molar-refractivity contribution in [3.05, 3.63) is 60.2 Å². The second kappa shape index (κ2) is 6.39. The lowest BCUT2D eigenvalue weighted by Crippen LogP contribution is -2.28. The second-order valence-corrected chi connectivity index (χ2v) is 5.05. The first-order valence-corrected chi connectivity index (χ1v) is 6.66. The van der Waals surface area contributed by atoms with E-state index in [9.17, 15) is 4.79 Å². The highest BCUT2D eigenvalue weighted by Crippen LogP contribution is 2.19. The van der Waals surface area contributed by atoms with E-state index in [2.05, 4.69) is 29.6 Å². The van der Waals surface area contributed by atoms with Gasteiger partial charge in [0.2, 0.25) is 5.91 Å². The quantitative estimate of drug-likeness (QED) is 0.848. The summed E-state index contributed by atoms with van der Waals surface area (Å²) in [6, 6.07) is 18.3. The first-order valence-electron chi connectivity index (χ1n) is 6.23. The number of hydrogen-bond donors (Lipinski definition) is 1. The number of halogens is 1. The summed E-state index contributed by atoms with van der Waals surface area (Å²) < 4.78 is 0. The van der Waals surface area contributed by atoms with Gasteiger partial charge in [-0.15, -0.1) is 11.6 Å². The highest BCUT2D eigenvalue weighted by Gasteiger charge is 2.07. The van der Waals surface area contributed by atoms with E-state index in [1.54, 1.807) is 6.92 Å². The number of alkyl halides is 1. The number of carbonyl (C=O) groups is 1. The van der Waals surface area contributed by atoms with Crippen LogP contribution in [-0.2, 0) is 11.3 Å². The Kier molecular flexibility index (Phi) is 4.58. The summed E-state index contributed by atoms with van der Waals surface area (Å²) in [5.41, 5.74) is 3.42. The Hall–Kier alpha value is -1.80. The van der Waals surface area contributed by atoms with E-state index in [0.717, 1.165) is 5.56 Å². The van der Waals surface area contributed by atoms with Gasteiger partial charge >= 0.3 is 0 Å². The molecule has 98 valence electrons. The zero-order chi connectivity index (χ0) is 13.7. The Labute approximate surface area is 118 Å². The van der Waals surface area contributed by atoms with E-state index < -0.39 is 5.38 Å². The van der Waals surface area contributed by atoms with Gasteiger partial charge in [0.05, 0.1) is 0 Å². The smallest absolute Gasteiger partial charge is 0.238 e. The Bertz CT molecular complexity index is 534. The number of amides is 1. The highest BCUT2D eigenvalue weighted by molar-refractivity contribution is 6.30. The maximum absolute atomic E-state index is 11.4. The van der Waals surface area contributed by atoms with Crippen LogP contribution in [-0.4, -0.2) is 11.3 Å². The lowest BCUT2D eigenvalue weighted by molar-refractivity contribution is -0.120. The molecule has 0 spiro atoms. The van der Waals surface area contributed by atoms with Crippen LogP contribution in [0.2, 0.25) is 0 Å². The van der Waals surface area contributed by atoms with Gasteiger partial charge in [-0.1, -0.05) is 54.6 Å².